The highest BCUT2D eigenvalue weighted by molar-refractivity contribution is 7.92. The van der Waals surface area contributed by atoms with Crippen molar-refractivity contribution in [2.24, 2.45) is 5.92 Å². The molecule has 0 aliphatic rings. The maximum absolute atomic E-state index is 13.5. The second kappa shape index (κ2) is 12.7. The van der Waals surface area contributed by atoms with E-state index in [2.05, 4.69) is 5.32 Å². The Morgan fingerprint density at radius 2 is 1.59 bits per heavy atom. The lowest BCUT2D eigenvalue weighted by Crippen LogP contribution is -2.32. The van der Waals surface area contributed by atoms with Gasteiger partial charge in [0.2, 0.25) is 0 Å². The summed E-state index contributed by atoms with van der Waals surface area (Å²) in [7, 11) is -3.64. The summed E-state index contributed by atoms with van der Waals surface area (Å²) in [5.41, 5.74) is 2.55. The molecule has 0 amide bonds. The third-order valence-electron chi connectivity index (χ3n) is 6.44. The van der Waals surface area contributed by atoms with Crippen molar-refractivity contribution >= 4 is 27.4 Å². The van der Waals surface area contributed by atoms with Crippen LogP contribution in [0.2, 0.25) is 5.02 Å². The fourth-order valence-electron chi connectivity index (χ4n) is 4.33. The van der Waals surface area contributed by atoms with E-state index in [9.17, 15) is 23.4 Å². The number of aromatic carboxylic acids is 1. The molecule has 3 N–H and O–H groups in total. The molecule has 37 heavy (non-hydrogen) atoms. The SMILES string of the molecule is CC(C)C(Cc1cccc(C(=O)O)c1)S(=O)(=O)c1ccc(C[C@@H](C)NC[C@@H](O)c2cccc(Cl)c2)cc1. The molecule has 0 aliphatic carbocycles. The Balaban J connectivity index is 1.65. The molecule has 0 saturated carbocycles. The van der Waals surface area contributed by atoms with Crippen molar-refractivity contribution in [3.63, 3.8) is 0 Å². The van der Waals surface area contributed by atoms with E-state index in [1.807, 2.05) is 39.0 Å². The number of aliphatic hydroxyl groups is 1. The summed E-state index contributed by atoms with van der Waals surface area (Å²) >= 11 is 6.00. The number of benzene rings is 3. The van der Waals surface area contributed by atoms with E-state index < -0.39 is 27.2 Å². The molecule has 198 valence electrons. The normalized spacial score (nSPS) is 14.3. The fourth-order valence-corrected chi connectivity index (χ4v) is 6.52. The van der Waals surface area contributed by atoms with Crippen LogP contribution in [0.5, 0.6) is 0 Å². The Bertz CT molecular complexity index is 1310. The van der Waals surface area contributed by atoms with Crippen molar-refractivity contribution in [1.82, 2.24) is 5.32 Å². The second-order valence-corrected chi connectivity index (χ2v) is 12.4. The number of hydrogen-bond donors (Lipinski definition) is 3. The van der Waals surface area contributed by atoms with Crippen LogP contribution >= 0.6 is 11.6 Å². The molecule has 3 aromatic carbocycles. The molecular formula is C29H34ClNO5S. The summed E-state index contributed by atoms with van der Waals surface area (Å²) < 4.78 is 27.0. The molecular weight excluding hydrogens is 510 g/mol. The monoisotopic (exact) mass is 543 g/mol. The lowest BCUT2D eigenvalue weighted by molar-refractivity contribution is 0.0696. The van der Waals surface area contributed by atoms with Gasteiger partial charge in [0.15, 0.2) is 9.84 Å². The van der Waals surface area contributed by atoms with Gasteiger partial charge in [-0.2, -0.15) is 0 Å². The second-order valence-electron chi connectivity index (χ2n) is 9.77. The topological polar surface area (TPSA) is 104 Å². The fraction of sp³-hybridized carbons (Fsp3) is 0.345. The van der Waals surface area contributed by atoms with E-state index >= 15 is 0 Å². The number of carbonyl (C=O) groups is 1. The van der Waals surface area contributed by atoms with Crippen LogP contribution in [0.25, 0.3) is 0 Å². The molecule has 3 atom stereocenters. The average Bonchev–Trinajstić information content (AvgIpc) is 2.86. The zero-order chi connectivity index (χ0) is 27.2. The zero-order valence-corrected chi connectivity index (χ0v) is 22.8. The van der Waals surface area contributed by atoms with Crippen molar-refractivity contribution in [2.45, 2.75) is 55.9 Å². The number of halogens is 1. The third-order valence-corrected chi connectivity index (χ3v) is 9.11. The van der Waals surface area contributed by atoms with Crippen LogP contribution in [0.15, 0.2) is 77.7 Å². The largest absolute Gasteiger partial charge is 0.478 e. The van der Waals surface area contributed by atoms with Crippen LogP contribution in [0.3, 0.4) is 0 Å². The number of aliphatic hydroxyl groups excluding tert-OH is 1. The van der Waals surface area contributed by atoms with E-state index in [-0.39, 0.29) is 28.8 Å². The summed E-state index contributed by atoms with van der Waals surface area (Å²) in [6.45, 7) is 6.11. The van der Waals surface area contributed by atoms with Crippen molar-refractivity contribution in [3.05, 3.63) is 100 Å². The van der Waals surface area contributed by atoms with Crippen LogP contribution in [-0.2, 0) is 22.7 Å². The molecule has 0 radical (unpaired) electrons. The summed E-state index contributed by atoms with van der Waals surface area (Å²) in [6, 6.07) is 20.5. The number of carboxylic acids is 1. The zero-order valence-electron chi connectivity index (χ0n) is 21.3. The number of hydrogen-bond acceptors (Lipinski definition) is 5. The molecule has 0 fully saturated rings. The molecule has 0 bridgehead atoms. The van der Waals surface area contributed by atoms with Gasteiger partial charge in [-0.15, -0.1) is 0 Å². The molecule has 6 nitrogen and oxygen atoms in total. The van der Waals surface area contributed by atoms with E-state index in [0.717, 1.165) is 11.1 Å². The standard InChI is InChI=1S/C29H34ClNO5S/c1-19(2)28(16-22-6-4-8-24(15-22)29(33)34)37(35,36)26-12-10-21(11-13-26)14-20(3)31-18-27(32)23-7-5-9-25(30)17-23/h4-13,15,17,19-20,27-28,31-32H,14,16,18H2,1-3H3,(H,33,34)/t20-,27-,28?/m1/s1. The molecule has 8 heteroatoms. The van der Waals surface area contributed by atoms with E-state index in [1.54, 1.807) is 42.5 Å². The van der Waals surface area contributed by atoms with Crippen LogP contribution in [-0.4, -0.2) is 42.4 Å². The maximum atomic E-state index is 13.5. The minimum atomic E-state index is -3.64. The first-order chi connectivity index (χ1) is 17.5. The molecule has 1 unspecified atom stereocenters. The highest BCUT2D eigenvalue weighted by Gasteiger charge is 2.30. The number of rotatable bonds is 12. The molecule has 3 aromatic rings. The minimum absolute atomic E-state index is 0.0567. The van der Waals surface area contributed by atoms with Gasteiger partial charge in [-0.25, -0.2) is 13.2 Å². The number of nitrogens with one attached hydrogen (secondary N) is 1. The summed E-state index contributed by atoms with van der Waals surface area (Å²) in [4.78, 5) is 11.6. The van der Waals surface area contributed by atoms with Gasteiger partial charge in [0.05, 0.1) is 21.8 Å². The Kier molecular flexibility index (Phi) is 9.90. The van der Waals surface area contributed by atoms with Crippen LogP contribution in [0, 0.1) is 5.92 Å². The van der Waals surface area contributed by atoms with E-state index in [4.69, 9.17) is 11.6 Å². The van der Waals surface area contributed by atoms with Crippen LogP contribution in [0.1, 0.15) is 53.9 Å². The highest BCUT2D eigenvalue weighted by Crippen LogP contribution is 2.26. The minimum Gasteiger partial charge on any atom is -0.478 e. The first-order valence-corrected chi connectivity index (χ1v) is 14.2. The van der Waals surface area contributed by atoms with E-state index in [1.165, 1.54) is 12.1 Å². The van der Waals surface area contributed by atoms with Gasteiger partial charge in [-0.05, 0) is 78.8 Å². The molecule has 0 aromatic heterocycles. The highest BCUT2D eigenvalue weighted by atomic mass is 35.5. The first-order valence-electron chi connectivity index (χ1n) is 12.3. The van der Waals surface area contributed by atoms with Gasteiger partial charge in [-0.3, -0.25) is 0 Å². The third kappa shape index (κ3) is 7.89. The van der Waals surface area contributed by atoms with Gasteiger partial charge in [0.1, 0.15) is 0 Å². The molecule has 0 aliphatic heterocycles. The van der Waals surface area contributed by atoms with Gasteiger partial charge in [0.25, 0.3) is 0 Å². The van der Waals surface area contributed by atoms with Crippen molar-refractivity contribution in [2.75, 3.05) is 6.54 Å². The summed E-state index contributed by atoms with van der Waals surface area (Å²) in [5, 5.41) is 22.9. The van der Waals surface area contributed by atoms with Crippen LogP contribution < -0.4 is 5.32 Å². The van der Waals surface area contributed by atoms with Gasteiger partial charge in [-0.1, -0.05) is 61.8 Å². The Hall–Kier alpha value is -2.71. The first kappa shape index (κ1) is 28.9. The van der Waals surface area contributed by atoms with Crippen molar-refractivity contribution < 1.29 is 23.4 Å². The Labute approximate surface area is 224 Å². The predicted molar refractivity (Wildman–Crippen MR) is 147 cm³/mol. The Morgan fingerprint density at radius 3 is 2.22 bits per heavy atom. The summed E-state index contributed by atoms with van der Waals surface area (Å²) in [6.07, 6.45) is 0.217. The van der Waals surface area contributed by atoms with E-state index in [0.29, 0.717) is 23.6 Å². The lowest BCUT2D eigenvalue weighted by atomic mass is 10.0. The molecule has 0 saturated heterocycles. The smallest absolute Gasteiger partial charge is 0.335 e. The lowest BCUT2D eigenvalue weighted by Gasteiger charge is -2.22. The van der Waals surface area contributed by atoms with Gasteiger partial charge in [0, 0.05) is 17.6 Å². The van der Waals surface area contributed by atoms with Gasteiger partial charge >= 0.3 is 5.97 Å². The average molecular weight is 544 g/mol. The van der Waals surface area contributed by atoms with Crippen molar-refractivity contribution in [1.29, 1.82) is 0 Å². The summed E-state index contributed by atoms with van der Waals surface area (Å²) in [5.74, 6) is -1.20. The predicted octanol–water partition coefficient (Wildman–Crippen LogP) is 5.33. The number of carboxylic acid groups (broad SMARTS) is 1. The van der Waals surface area contributed by atoms with Gasteiger partial charge < -0.3 is 15.5 Å². The molecule has 3 rings (SSSR count). The maximum Gasteiger partial charge on any atom is 0.335 e. The van der Waals surface area contributed by atoms with Crippen LogP contribution in [0.4, 0.5) is 0 Å². The number of sulfone groups is 1. The van der Waals surface area contributed by atoms with Crippen molar-refractivity contribution in [3.8, 4) is 0 Å². The molecule has 0 heterocycles. The molecule has 0 spiro atoms. The quantitative estimate of drug-likeness (QED) is 0.285. The Morgan fingerprint density at radius 1 is 0.919 bits per heavy atom.